The van der Waals surface area contributed by atoms with E-state index >= 15 is 0 Å². The first kappa shape index (κ1) is 21.6. The molecule has 0 saturated heterocycles. The predicted molar refractivity (Wildman–Crippen MR) is 114 cm³/mol. The number of nitrogens with zero attached hydrogens (tertiary/aromatic N) is 1. The number of primary amides is 2. The van der Waals surface area contributed by atoms with Crippen molar-refractivity contribution >= 4 is 40.8 Å². The van der Waals surface area contributed by atoms with Gasteiger partial charge in [0, 0.05) is 18.6 Å². The monoisotopic (exact) mass is 433 g/mol. The summed E-state index contributed by atoms with van der Waals surface area (Å²) in [5, 5.41) is 5.78. The van der Waals surface area contributed by atoms with Crippen LogP contribution in [-0.4, -0.2) is 28.9 Å². The minimum Gasteiger partial charge on any atom is -0.371 e. The summed E-state index contributed by atoms with van der Waals surface area (Å²) < 4.78 is 32.0. The zero-order valence-corrected chi connectivity index (χ0v) is 16.9. The molecule has 0 fully saturated rings. The number of rotatable bonds is 8. The lowest BCUT2D eigenvalue weighted by Crippen LogP contribution is -2.37. The van der Waals surface area contributed by atoms with Crippen LogP contribution in [0.3, 0.4) is 0 Å². The third kappa shape index (κ3) is 5.26. The summed E-state index contributed by atoms with van der Waals surface area (Å²) in [4.78, 5) is 23.7. The van der Waals surface area contributed by atoms with Crippen LogP contribution in [-0.2, 0) is 11.2 Å². The lowest BCUT2D eigenvalue weighted by molar-refractivity contribution is -0.118. The second-order valence-corrected chi connectivity index (χ2v) is 7.90. The van der Waals surface area contributed by atoms with Gasteiger partial charge in [-0.15, -0.1) is 0 Å². The maximum absolute atomic E-state index is 14.7. The molecule has 1 aliphatic rings. The van der Waals surface area contributed by atoms with E-state index in [4.69, 9.17) is 11.5 Å². The second-order valence-electron chi connectivity index (χ2n) is 6.94. The predicted octanol–water partition coefficient (Wildman–Crippen LogP) is 2.82. The first-order chi connectivity index (χ1) is 14.2. The number of benzene rings is 2. The van der Waals surface area contributed by atoms with Crippen LogP contribution in [0, 0.1) is 11.6 Å². The molecule has 6 N–H and O–H groups in total. The molecule has 2 aromatic carbocycles. The summed E-state index contributed by atoms with van der Waals surface area (Å²) in [5.41, 5.74) is 12.7. The van der Waals surface area contributed by atoms with Crippen LogP contribution in [0.15, 0.2) is 40.8 Å². The Kier molecular flexibility index (Phi) is 6.56. The van der Waals surface area contributed by atoms with Crippen molar-refractivity contribution in [3.05, 3.63) is 59.2 Å². The molecule has 0 spiro atoms. The topological polar surface area (TPSA) is 123 Å². The van der Waals surface area contributed by atoms with Crippen LogP contribution in [0.1, 0.15) is 29.3 Å². The van der Waals surface area contributed by atoms with Crippen molar-refractivity contribution < 1.29 is 18.4 Å². The summed E-state index contributed by atoms with van der Waals surface area (Å²) in [5.74, 6) is -2.66. The van der Waals surface area contributed by atoms with Gasteiger partial charge >= 0.3 is 0 Å². The molecule has 1 heterocycles. The molecule has 3 rings (SSSR count). The van der Waals surface area contributed by atoms with E-state index in [1.165, 1.54) is 42.3 Å². The Hall–Kier alpha value is -3.14. The Morgan fingerprint density at radius 1 is 1.20 bits per heavy atom. The van der Waals surface area contributed by atoms with E-state index in [1.54, 1.807) is 0 Å². The summed E-state index contributed by atoms with van der Waals surface area (Å²) in [7, 11) is 0. The number of hydrogen-bond donors (Lipinski definition) is 4. The van der Waals surface area contributed by atoms with Gasteiger partial charge < -0.3 is 22.1 Å². The number of nitrogens with one attached hydrogen (secondary N) is 2. The van der Waals surface area contributed by atoms with Gasteiger partial charge in [0.25, 0.3) is 5.91 Å². The molecule has 0 radical (unpaired) electrons. The molecule has 30 heavy (non-hydrogen) atoms. The number of nitrogens with two attached hydrogens (primary N) is 2. The van der Waals surface area contributed by atoms with Crippen LogP contribution in [0.2, 0.25) is 0 Å². The molecule has 1 unspecified atom stereocenters. The van der Waals surface area contributed by atoms with Gasteiger partial charge in [0.2, 0.25) is 5.91 Å². The zero-order chi connectivity index (χ0) is 21.8. The molecule has 10 heteroatoms. The van der Waals surface area contributed by atoms with E-state index in [9.17, 15) is 18.4 Å². The third-order valence-corrected chi connectivity index (χ3v) is 5.49. The highest BCUT2D eigenvalue weighted by molar-refractivity contribution is 7.99. The standard InChI is InChI=1S/C20H21F2N5O2S/c1-10-6-18(30-27-10)26-15-9-16(14(22)8-13(15)19(23)28)25-17(20(24)29)7-11-2-4-12(21)5-3-11/h2-5,8-9,17-18,25-26H,6-7H2,1H3,(H2,23,28)(H2,24,29)/t17-,18?/m1/s1. The highest BCUT2D eigenvalue weighted by atomic mass is 32.2. The average molecular weight is 433 g/mol. The Balaban J connectivity index is 1.85. The highest BCUT2D eigenvalue weighted by Gasteiger charge is 2.23. The number of hydrogen-bond acceptors (Lipinski definition) is 6. The fourth-order valence-electron chi connectivity index (χ4n) is 3.02. The van der Waals surface area contributed by atoms with E-state index in [0.29, 0.717) is 17.7 Å². The Labute approximate surface area is 176 Å². The number of amides is 2. The van der Waals surface area contributed by atoms with Crippen molar-refractivity contribution in [3.8, 4) is 0 Å². The van der Waals surface area contributed by atoms with Gasteiger partial charge in [0.15, 0.2) is 0 Å². The van der Waals surface area contributed by atoms with E-state index in [0.717, 1.165) is 11.8 Å². The SMILES string of the molecule is CC1=NSC(Nc2cc(N[C@H](Cc3ccc(F)cc3)C(N)=O)c(F)cc2C(N)=O)C1. The number of carbonyl (C=O) groups excluding carboxylic acids is 2. The van der Waals surface area contributed by atoms with Gasteiger partial charge in [-0.2, -0.15) is 0 Å². The zero-order valence-electron chi connectivity index (χ0n) is 16.1. The Morgan fingerprint density at radius 2 is 1.90 bits per heavy atom. The Morgan fingerprint density at radius 3 is 2.47 bits per heavy atom. The molecule has 0 aromatic heterocycles. The van der Waals surface area contributed by atoms with Crippen molar-refractivity contribution in [3.63, 3.8) is 0 Å². The minimum atomic E-state index is -0.955. The van der Waals surface area contributed by atoms with Gasteiger partial charge in [-0.25, -0.2) is 13.2 Å². The number of carbonyl (C=O) groups is 2. The summed E-state index contributed by atoms with van der Waals surface area (Å²) in [6, 6.07) is 7.00. The number of anilines is 2. The smallest absolute Gasteiger partial charge is 0.250 e. The van der Waals surface area contributed by atoms with Crippen LogP contribution in [0.4, 0.5) is 20.2 Å². The normalized spacial score (nSPS) is 16.6. The van der Waals surface area contributed by atoms with Crippen LogP contribution in [0.5, 0.6) is 0 Å². The van der Waals surface area contributed by atoms with E-state index in [1.807, 2.05) is 6.92 Å². The first-order valence-corrected chi connectivity index (χ1v) is 9.96. The van der Waals surface area contributed by atoms with Crippen molar-refractivity contribution in [2.75, 3.05) is 10.6 Å². The summed E-state index contributed by atoms with van der Waals surface area (Å²) in [6.07, 6.45) is 0.776. The van der Waals surface area contributed by atoms with Crippen LogP contribution in [0.25, 0.3) is 0 Å². The molecular formula is C20H21F2N5O2S. The average Bonchev–Trinajstić information content (AvgIpc) is 3.09. The van der Waals surface area contributed by atoms with Crippen molar-refractivity contribution in [2.24, 2.45) is 15.9 Å². The van der Waals surface area contributed by atoms with Crippen molar-refractivity contribution in [1.29, 1.82) is 0 Å². The molecule has 0 bridgehead atoms. The molecular weight excluding hydrogens is 412 g/mol. The van der Waals surface area contributed by atoms with Gasteiger partial charge in [0.05, 0.1) is 22.3 Å². The molecule has 158 valence electrons. The van der Waals surface area contributed by atoms with Gasteiger partial charge in [-0.3, -0.25) is 9.59 Å². The molecule has 2 amide bonds. The first-order valence-electron chi connectivity index (χ1n) is 9.12. The van der Waals surface area contributed by atoms with E-state index in [-0.39, 0.29) is 23.0 Å². The van der Waals surface area contributed by atoms with Gasteiger partial charge in [-0.1, -0.05) is 12.1 Å². The second kappa shape index (κ2) is 9.12. The fourth-order valence-corrected chi connectivity index (χ4v) is 3.90. The van der Waals surface area contributed by atoms with Gasteiger partial charge in [0.1, 0.15) is 17.7 Å². The summed E-state index contributed by atoms with van der Waals surface area (Å²) in [6.45, 7) is 1.88. The van der Waals surface area contributed by atoms with Crippen LogP contribution < -0.4 is 22.1 Å². The minimum absolute atomic E-state index is 0.0163. The molecule has 2 atom stereocenters. The summed E-state index contributed by atoms with van der Waals surface area (Å²) >= 11 is 1.30. The van der Waals surface area contributed by atoms with Crippen molar-refractivity contribution in [1.82, 2.24) is 0 Å². The molecule has 0 saturated carbocycles. The largest absolute Gasteiger partial charge is 0.371 e. The fraction of sp³-hybridized carbons (Fsp3) is 0.250. The molecule has 1 aliphatic heterocycles. The maximum atomic E-state index is 14.7. The van der Waals surface area contributed by atoms with Crippen LogP contribution >= 0.6 is 11.9 Å². The molecule has 7 nitrogen and oxygen atoms in total. The quantitative estimate of drug-likeness (QED) is 0.477. The Bertz CT molecular complexity index is 997. The van der Waals surface area contributed by atoms with Crippen molar-refractivity contribution in [2.45, 2.75) is 31.2 Å². The highest BCUT2D eigenvalue weighted by Crippen LogP contribution is 2.31. The lowest BCUT2D eigenvalue weighted by atomic mass is 10.0. The third-order valence-electron chi connectivity index (χ3n) is 4.53. The molecule has 2 aromatic rings. The lowest BCUT2D eigenvalue weighted by Gasteiger charge is -2.20. The van der Waals surface area contributed by atoms with Gasteiger partial charge in [-0.05, 0) is 48.7 Å². The molecule has 0 aliphatic carbocycles. The van der Waals surface area contributed by atoms with E-state index in [2.05, 4.69) is 15.0 Å². The number of halogens is 2. The maximum Gasteiger partial charge on any atom is 0.250 e. The van der Waals surface area contributed by atoms with E-state index < -0.39 is 29.5 Å².